The molecule has 1 aromatic heterocycles. The molecule has 5 nitrogen and oxygen atoms in total. The van der Waals surface area contributed by atoms with E-state index in [1.54, 1.807) is 12.1 Å². The summed E-state index contributed by atoms with van der Waals surface area (Å²) in [4.78, 5) is 14.9. The lowest BCUT2D eigenvalue weighted by molar-refractivity contribution is -0.384. The fraction of sp³-hybridized carbons (Fsp3) is 0. The van der Waals surface area contributed by atoms with Crippen LogP contribution >= 0.6 is 33.9 Å². The number of nitrogens with zero attached hydrogens (tertiary/aromatic N) is 2. The molecule has 0 saturated heterocycles. The summed E-state index contributed by atoms with van der Waals surface area (Å²) in [5, 5.41) is 16.6. The molecule has 0 fully saturated rings. The minimum Gasteiger partial charge on any atom is -0.331 e. The molecule has 0 unspecified atom stereocenters. The number of halogens is 1. The number of nitro benzene ring substituents is 1. The molecule has 0 aliphatic heterocycles. The Bertz CT molecular complexity index is 818. The Kier molecular flexibility index (Phi) is 4.34. The standard InChI is InChI=1S/C15H10IN3O2S/c16-11-6-4-10(5-7-11)14-9-22-15(18-14)17-12-2-1-3-13(8-12)19(20)21/h1-9H,(H,17,18). The zero-order valence-electron chi connectivity index (χ0n) is 11.2. The van der Waals surface area contributed by atoms with Crippen LogP contribution in [-0.2, 0) is 0 Å². The highest BCUT2D eigenvalue weighted by Gasteiger charge is 2.08. The first-order chi connectivity index (χ1) is 10.6. The van der Waals surface area contributed by atoms with Gasteiger partial charge in [-0.05, 0) is 40.8 Å². The van der Waals surface area contributed by atoms with E-state index in [-0.39, 0.29) is 5.69 Å². The van der Waals surface area contributed by atoms with Gasteiger partial charge in [0.05, 0.1) is 10.6 Å². The van der Waals surface area contributed by atoms with E-state index in [4.69, 9.17) is 0 Å². The molecular formula is C15H10IN3O2S. The largest absolute Gasteiger partial charge is 0.331 e. The summed E-state index contributed by atoms with van der Waals surface area (Å²) in [5.41, 5.74) is 2.63. The van der Waals surface area contributed by atoms with Crippen LogP contribution in [0.1, 0.15) is 0 Å². The molecule has 0 atom stereocenters. The highest BCUT2D eigenvalue weighted by molar-refractivity contribution is 14.1. The maximum absolute atomic E-state index is 10.8. The lowest BCUT2D eigenvalue weighted by Crippen LogP contribution is -1.92. The lowest BCUT2D eigenvalue weighted by atomic mass is 10.2. The lowest BCUT2D eigenvalue weighted by Gasteiger charge is -2.02. The van der Waals surface area contributed by atoms with Crippen molar-refractivity contribution >= 4 is 50.4 Å². The van der Waals surface area contributed by atoms with E-state index in [1.807, 2.05) is 29.6 Å². The quantitative estimate of drug-likeness (QED) is 0.362. The molecule has 0 bridgehead atoms. The summed E-state index contributed by atoms with van der Waals surface area (Å²) in [5.74, 6) is 0. The predicted octanol–water partition coefficient (Wildman–Crippen LogP) is 5.07. The first-order valence-electron chi connectivity index (χ1n) is 6.35. The number of anilines is 2. The van der Waals surface area contributed by atoms with Crippen molar-refractivity contribution in [3.8, 4) is 11.3 Å². The van der Waals surface area contributed by atoms with Crippen LogP contribution in [0.25, 0.3) is 11.3 Å². The molecule has 22 heavy (non-hydrogen) atoms. The molecule has 1 heterocycles. The van der Waals surface area contributed by atoms with Gasteiger partial charge in [-0.1, -0.05) is 18.2 Å². The third kappa shape index (κ3) is 3.42. The predicted molar refractivity (Wildman–Crippen MR) is 96.6 cm³/mol. The first kappa shape index (κ1) is 14.9. The number of rotatable bonds is 4. The van der Waals surface area contributed by atoms with Gasteiger partial charge in [0.2, 0.25) is 0 Å². The van der Waals surface area contributed by atoms with Gasteiger partial charge in [-0.2, -0.15) is 0 Å². The average molecular weight is 423 g/mol. The number of non-ortho nitro benzene ring substituents is 1. The second-order valence-electron chi connectivity index (χ2n) is 4.48. The Morgan fingerprint density at radius 1 is 1.18 bits per heavy atom. The van der Waals surface area contributed by atoms with Crippen molar-refractivity contribution in [2.75, 3.05) is 5.32 Å². The van der Waals surface area contributed by atoms with Gasteiger partial charge in [0.1, 0.15) is 0 Å². The number of hydrogen-bond acceptors (Lipinski definition) is 5. The summed E-state index contributed by atoms with van der Waals surface area (Å²) in [7, 11) is 0. The van der Waals surface area contributed by atoms with Gasteiger partial charge in [-0.25, -0.2) is 4.98 Å². The minimum atomic E-state index is -0.413. The number of thiazole rings is 1. The number of benzene rings is 2. The van der Waals surface area contributed by atoms with Crippen molar-refractivity contribution in [2.45, 2.75) is 0 Å². The topological polar surface area (TPSA) is 68.1 Å². The maximum atomic E-state index is 10.8. The van der Waals surface area contributed by atoms with Crippen molar-refractivity contribution < 1.29 is 4.92 Å². The SMILES string of the molecule is O=[N+]([O-])c1cccc(Nc2nc(-c3ccc(I)cc3)cs2)c1. The summed E-state index contributed by atoms with van der Waals surface area (Å²) < 4.78 is 1.17. The highest BCUT2D eigenvalue weighted by Crippen LogP contribution is 2.28. The molecule has 0 aliphatic rings. The molecule has 110 valence electrons. The Hall–Kier alpha value is -2.00. The molecule has 1 N–H and O–H groups in total. The Balaban J connectivity index is 1.81. The second kappa shape index (κ2) is 6.41. The normalized spacial score (nSPS) is 10.4. The first-order valence-corrected chi connectivity index (χ1v) is 8.30. The number of hydrogen-bond donors (Lipinski definition) is 1. The van der Waals surface area contributed by atoms with E-state index in [9.17, 15) is 10.1 Å². The van der Waals surface area contributed by atoms with Crippen molar-refractivity contribution in [3.63, 3.8) is 0 Å². The Labute approximate surface area is 144 Å². The second-order valence-corrected chi connectivity index (χ2v) is 6.58. The van der Waals surface area contributed by atoms with Crippen LogP contribution in [0, 0.1) is 13.7 Å². The maximum Gasteiger partial charge on any atom is 0.271 e. The van der Waals surface area contributed by atoms with E-state index in [0.717, 1.165) is 11.3 Å². The molecular weight excluding hydrogens is 413 g/mol. The van der Waals surface area contributed by atoms with E-state index >= 15 is 0 Å². The molecule has 3 rings (SSSR count). The Morgan fingerprint density at radius 2 is 1.95 bits per heavy atom. The van der Waals surface area contributed by atoms with Crippen LogP contribution in [0.4, 0.5) is 16.5 Å². The van der Waals surface area contributed by atoms with Crippen molar-refractivity contribution in [2.24, 2.45) is 0 Å². The number of nitro groups is 1. The van der Waals surface area contributed by atoms with Gasteiger partial charge in [0.15, 0.2) is 5.13 Å². The molecule has 0 radical (unpaired) electrons. The summed E-state index contributed by atoms with van der Waals surface area (Å²) >= 11 is 3.72. The molecule has 3 aromatic rings. The minimum absolute atomic E-state index is 0.0550. The molecule has 2 aromatic carbocycles. The molecule has 0 amide bonds. The van der Waals surface area contributed by atoms with Crippen molar-refractivity contribution in [3.05, 3.63) is 67.6 Å². The van der Waals surface area contributed by atoms with E-state index in [2.05, 4.69) is 32.9 Å². The van der Waals surface area contributed by atoms with E-state index < -0.39 is 4.92 Å². The van der Waals surface area contributed by atoms with Crippen molar-refractivity contribution in [1.29, 1.82) is 0 Å². The van der Waals surface area contributed by atoms with Crippen molar-refractivity contribution in [1.82, 2.24) is 4.98 Å². The summed E-state index contributed by atoms with van der Waals surface area (Å²) in [6.45, 7) is 0. The average Bonchev–Trinajstić information content (AvgIpc) is 2.96. The van der Waals surface area contributed by atoms with Gasteiger partial charge < -0.3 is 5.32 Å². The van der Waals surface area contributed by atoms with Crippen LogP contribution in [0.15, 0.2) is 53.9 Å². The zero-order valence-corrected chi connectivity index (χ0v) is 14.2. The van der Waals surface area contributed by atoms with Gasteiger partial charge in [-0.15, -0.1) is 11.3 Å². The van der Waals surface area contributed by atoms with Gasteiger partial charge in [0.25, 0.3) is 5.69 Å². The van der Waals surface area contributed by atoms with Crippen LogP contribution in [-0.4, -0.2) is 9.91 Å². The smallest absolute Gasteiger partial charge is 0.271 e. The molecule has 7 heteroatoms. The van der Waals surface area contributed by atoms with E-state index in [1.165, 1.54) is 27.0 Å². The fourth-order valence-corrected chi connectivity index (χ4v) is 3.00. The van der Waals surface area contributed by atoms with Gasteiger partial charge in [-0.3, -0.25) is 10.1 Å². The van der Waals surface area contributed by atoms with Crippen LogP contribution < -0.4 is 5.32 Å². The fourth-order valence-electron chi connectivity index (χ4n) is 1.91. The third-order valence-corrected chi connectivity index (χ3v) is 4.43. The van der Waals surface area contributed by atoms with Crippen LogP contribution in [0.3, 0.4) is 0 Å². The summed E-state index contributed by atoms with van der Waals surface area (Å²) in [6.07, 6.45) is 0. The summed E-state index contributed by atoms with van der Waals surface area (Å²) in [6, 6.07) is 14.5. The molecule has 0 saturated carbocycles. The van der Waals surface area contributed by atoms with Gasteiger partial charge >= 0.3 is 0 Å². The van der Waals surface area contributed by atoms with Crippen LogP contribution in [0.5, 0.6) is 0 Å². The zero-order chi connectivity index (χ0) is 15.5. The molecule has 0 spiro atoms. The van der Waals surface area contributed by atoms with E-state index in [0.29, 0.717) is 10.8 Å². The number of nitrogens with one attached hydrogen (secondary N) is 1. The highest BCUT2D eigenvalue weighted by atomic mass is 127. The monoisotopic (exact) mass is 423 g/mol. The third-order valence-electron chi connectivity index (χ3n) is 2.95. The Morgan fingerprint density at radius 3 is 2.68 bits per heavy atom. The van der Waals surface area contributed by atoms with Gasteiger partial charge in [0, 0.05) is 32.3 Å². The van der Waals surface area contributed by atoms with Crippen LogP contribution in [0.2, 0.25) is 0 Å². The molecule has 0 aliphatic carbocycles. The number of aromatic nitrogens is 1.